The summed E-state index contributed by atoms with van der Waals surface area (Å²) in [5.41, 5.74) is 5.88. The molecule has 58 heavy (non-hydrogen) atoms. The quantitative estimate of drug-likeness (QED) is 0.0707. The third-order valence-electron chi connectivity index (χ3n) is 8.97. The van der Waals surface area contributed by atoms with Gasteiger partial charge in [-0.2, -0.15) is 0 Å². The summed E-state index contributed by atoms with van der Waals surface area (Å²) in [5.74, 6) is -0.579. The van der Waals surface area contributed by atoms with Crippen LogP contribution in [-0.2, 0) is 38.4 Å². The zero-order valence-electron chi connectivity index (χ0n) is 30.6. The Morgan fingerprint density at radius 3 is 2.40 bits per heavy atom. The van der Waals surface area contributed by atoms with Gasteiger partial charge in [-0.3, -0.25) is 32.8 Å². The van der Waals surface area contributed by atoms with Crippen LogP contribution in [0.5, 0.6) is 11.5 Å². The minimum atomic E-state index is -4.48. The van der Waals surface area contributed by atoms with Gasteiger partial charge >= 0.3 is 24.4 Å². The number of aliphatic hydroxyl groups is 2. The van der Waals surface area contributed by atoms with Crippen LogP contribution in [0.15, 0.2) is 83.0 Å². The molecule has 2 aromatic carbocycles. The van der Waals surface area contributed by atoms with Crippen LogP contribution in [0.3, 0.4) is 0 Å². The number of nitrogens with one attached hydrogen (secondary N) is 1. The molecule has 21 nitrogen and oxygen atoms in total. The van der Waals surface area contributed by atoms with Crippen molar-refractivity contribution in [3.8, 4) is 11.5 Å². The fourth-order valence-corrected chi connectivity index (χ4v) is 9.73. The first-order valence-corrected chi connectivity index (χ1v) is 20.6. The third-order valence-corrected chi connectivity index (χ3v) is 12.6. The molecule has 3 aromatic heterocycles. The van der Waals surface area contributed by atoms with Crippen molar-refractivity contribution in [2.24, 2.45) is 0 Å². The van der Waals surface area contributed by atoms with E-state index in [2.05, 4.69) is 19.9 Å². The number of methoxy groups -OCH3 is 1. The molecule has 8 atom stereocenters. The van der Waals surface area contributed by atoms with Crippen molar-refractivity contribution in [3.05, 3.63) is 105 Å². The summed E-state index contributed by atoms with van der Waals surface area (Å²) in [5, 5.41) is 21.4. The number of ether oxygens (including phenoxy) is 5. The lowest BCUT2D eigenvalue weighted by Crippen LogP contribution is -2.40. The molecule has 2 unspecified atom stereocenters. The molecule has 5 aromatic rings. The first kappa shape index (κ1) is 40.9. The Morgan fingerprint density at radius 1 is 0.983 bits per heavy atom. The maximum absolute atomic E-state index is 14.9. The van der Waals surface area contributed by atoms with Crippen molar-refractivity contribution in [2.45, 2.75) is 62.3 Å². The van der Waals surface area contributed by atoms with E-state index < -0.39 is 79.8 Å². The van der Waals surface area contributed by atoms with E-state index in [0.717, 1.165) is 10.6 Å². The molecule has 2 fully saturated rings. The van der Waals surface area contributed by atoms with Gasteiger partial charge in [0.05, 0.1) is 18.5 Å². The van der Waals surface area contributed by atoms with Gasteiger partial charge in [0.2, 0.25) is 0 Å². The van der Waals surface area contributed by atoms with Gasteiger partial charge in [0.25, 0.3) is 5.56 Å². The first-order valence-electron chi connectivity index (χ1n) is 17.4. The number of carbonyl (C=O) groups is 2. The van der Waals surface area contributed by atoms with E-state index in [1.54, 1.807) is 12.1 Å². The number of H-pyrrole nitrogens is 1. The number of nitrogens with two attached hydrogens (primary N) is 1. The number of nitrogen functional groups attached to an aromatic ring is 1. The summed E-state index contributed by atoms with van der Waals surface area (Å²) in [6.07, 6.45) is -4.87. The van der Waals surface area contributed by atoms with Crippen LogP contribution in [0.1, 0.15) is 41.7 Å². The molecule has 23 heteroatoms. The van der Waals surface area contributed by atoms with Gasteiger partial charge in [0.15, 0.2) is 24.0 Å². The molecular weight excluding hydrogens is 805 g/mol. The molecule has 0 spiro atoms. The zero-order chi connectivity index (χ0) is 41.1. The normalized spacial score (nSPS) is 24.1. The van der Waals surface area contributed by atoms with Crippen LogP contribution >= 0.6 is 18.2 Å². The van der Waals surface area contributed by atoms with Crippen molar-refractivity contribution in [1.29, 1.82) is 0 Å². The van der Waals surface area contributed by atoms with Crippen LogP contribution in [0, 0.1) is 0 Å². The van der Waals surface area contributed by atoms with Crippen molar-refractivity contribution in [3.63, 3.8) is 0 Å². The number of anilines is 1. The van der Waals surface area contributed by atoms with E-state index >= 15 is 0 Å². The molecule has 0 saturated carbocycles. The lowest BCUT2D eigenvalue weighted by molar-refractivity contribution is -0.132. The van der Waals surface area contributed by atoms with Crippen LogP contribution in [0.2, 0.25) is 0 Å². The molecule has 7 rings (SSSR count). The second kappa shape index (κ2) is 17.3. The Morgan fingerprint density at radius 2 is 1.71 bits per heavy atom. The molecule has 0 aliphatic carbocycles. The van der Waals surface area contributed by atoms with E-state index in [-0.39, 0.29) is 35.1 Å². The summed E-state index contributed by atoms with van der Waals surface area (Å²) in [6.45, 7) is -3.88. The number of aliphatic hydroxyl groups excluding tert-OH is 2. The van der Waals surface area contributed by atoms with E-state index in [4.69, 9.17) is 38.5 Å². The van der Waals surface area contributed by atoms with Crippen LogP contribution < -0.4 is 26.5 Å². The van der Waals surface area contributed by atoms with Gasteiger partial charge in [-0.15, -0.1) is 0 Å². The van der Waals surface area contributed by atoms with Crippen molar-refractivity contribution >= 4 is 47.1 Å². The number of nitrogens with zero attached hydrogens (tertiary/aromatic N) is 5. The summed E-state index contributed by atoms with van der Waals surface area (Å²) in [4.78, 5) is 62.9. The smallest absolute Gasteiger partial charge is 0.392 e. The molecule has 5 heterocycles. The topological polar surface area (TPSA) is 281 Å². The summed E-state index contributed by atoms with van der Waals surface area (Å²) in [7, 11) is 1.29. The minimum Gasteiger partial charge on any atom is -0.427 e. The minimum absolute atomic E-state index is 0.0183. The summed E-state index contributed by atoms with van der Waals surface area (Å²) >= 11 is 0.717. The lowest BCUT2D eigenvalue weighted by atomic mass is 10.1. The Hall–Kier alpha value is -5.29. The van der Waals surface area contributed by atoms with Crippen molar-refractivity contribution in [2.75, 3.05) is 19.5 Å². The number of aromatic nitrogens is 6. The van der Waals surface area contributed by atoms with Crippen LogP contribution in [0.4, 0.5) is 5.82 Å². The number of esters is 2. The molecule has 306 valence electrons. The predicted molar refractivity (Wildman–Crippen MR) is 201 cm³/mol. The second-order valence-corrected chi connectivity index (χ2v) is 16.8. The molecule has 0 amide bonds. The second-order valence-electron chi connectivity index (χ2n) is 12.9. The molecular formula is C35H36N7O14PS. The van der Waals surface area contributed by atoms with Crippen LogP contribution in [0.25, 0.3) is 11.2 Å². The number of benzene rings is 2. The highest BCUT2D eigenvalue weighted by Gasteiger charge is 2.52. The Labute approximate surface area is 331 Å². The molecule has 2 aliphatic rings. The highest BCUT2D eigenvalue weighted by molar-refractivity contribution is 8.54. The standard InChI is InChI=1S/C35H36N7O14PS/c1-18(44)51-21-9-5-20(6-10-21)33(47)52-22-7-3-19(4-8-22)15-58-57(49,55-28-24(14-43)53-32(29(28)50-2)41-12-11-25(46)40-35(41)48)56-34-23(45)13-26(54-34)42-17-39-27-30(36)37-16-38-31(27)42/h3-12,16-17,23-24,26,28-29,32,34,43,45H,13-15H2,1-2H3,(H2,36,37,38)(H,40,46,48)/t23-,24-,26-,28+,29?,32-,34-,57?/m1/s1. The molecule has 5 N–H and O–H groups in total. The molecule has 0 radical (unpaired) electrons. The predicted octanol–water partition coefficient (Wildman–Crippen LogP) is 2.06. The van der Waals surface area contributed by atoms with Crippen molar-refractivity contribution in [1.82, 2.24) is 29.1 Å². The third kappa shape index (κ3) is 8.89. The Balaban J connectivity index is 1.10. The molecule has 2 aliphatic heterocycles. The first-order chi connectivity index (χ1) is 27.8. The number of carbonyl (C=O) groups excluding carboxylic acids is 2. The van der Waals surface area contributed by atoms with Crippen molar-refractivity contribution < 1.29 is 57.1 Å². The zero-order valence-corrected chi connectivity index (χ0v) is 32.3. The van der Waals surface area contributed by atoms with Gasteiger partial charge in [-0.25, -0.2) is 29.1 Å². The van der Waals surface area contributed by atoms with Gasteiger partial charge in [-0.1, -0.05) is 12.1 Å². The highest BCUT2D eigenvalue weighted by Crippen LogP contribution is 2.65. The van der Waals surface area contributed by atoms with E-state index in [1.165, 1.54) is 73.9 Å². The number of hydrogen-bond donors (Lipinski definition) is 4. The number of aromatic amines is 1. The number of fused-ring (bicyclic) bond motifs is 1. The molecule has 0 bridgehead atoms. The fourth-order valence-electron chi connectivity index (χ4n) is 6.22. The average molecular weight is 842 g/mol. The highest BCUT2D eigenvalue weighted by atomic mass is 32.7. The Bertz CT molecular complexity index is 2450. The lowest BCUT2D eigenvalue weighted by Gasteiger charge is -2.29. The van der Waals surface area contributed by atoms with E-state index in [1.807, 2.05) is 0 Å². The van der Waals surface area contributed by atoms with Gasteiger partial charge in [0.1, 0.15) is 54.0 Å². The van der Waals surface area contributed by atoms with Gasteiger partial charge in [0, 0.05) is 38.5 Å². The van der Waals surface area contributed by atoms with E-state index in [0.29, 0.717) is 28.1 Å². The molecule has 2 saturated heterocycles. The SMILES string of the molecule is COC1[C@@H](OP(=O)(O[C@H]2O[C@@H](n3cnc4c(N)ncnc43)C[C@H]2O)SCc2ccc(OC(=O)c3ccc(OC(C)=O)cc3)cc2)[C@@H](CO)O[C@H]1n1ccc(=O)[nH]c1=O. The number of hydrogen-bond acceptors (Lipinski definition) is 19. The van der Waals surface area contributed by atoms with Crippen LogP contribution in [-0.4, -0.2) is 95.6 Å². The number of rotatable bonds is 14. The summed E-state index contributed by atoms with van der Waals surface area (Å²) < 4.78 is 57.7. The fraction of sp³-hybridized carbons (Fsp3) is 0.343. The maximum atomic E-state index is 14.9. The largest absolute Gasteiger partial charge is 0.427 e. The Kier molecular flexibility index (Phi) is 12.2. The maximum Gasteiger partial charge on any atom is 0.392 e. The number of imidazole rings is 1. The van der Waals surface area contributed by atoms with Gasteiger partial charge < -0.3 is 39.6 Å². The van der Waals surface area contributed by atoms with E-state index in [9.17, 15) is 34.0 Å². The average Bonchev–Trinajstić information content (AvgIpc) is 3.89. The summed E-state index contributed by atoms with van der Waals surface area (Å²) in [6, 6.07) is 13.2. The van der Waals surface area contributed by atoms with Gasteiger partial charge in [-0.05, 0) is 53.3 Å². The monoisotopic (exact) mass is 841 g/mol.